The number of carboxylic acids is 1. The molecule has 9 heteroatoms. The number of nitrogens with zero attached hydrogens (tertiary/aromatic N) is 2. The van der Waals surface area contributed by atoms with Crippen molar-refractivity contribution in [2.24, 2.45) is 5.92 Å². The number of aliphatic hydroxyl groups excluding tert-OH is 2. The summed E-state index contributed by atoms with van der Waals surface area (Å²) in [7, 11) is 0. The number of thioether (sulfide) groups is 1. The number of carbonyl (C=O) groups excluding carboxylic acids is 2. The fourth-order valence-electron chi connectivity index (χ4n) is 3.83. The number of amides is 2. The molecule has 0 saturated carbocycles. The van der Waals surface area contributed by atoms with E-state index in [2.05, 4.69) is 0 Å². The van der Waals surface area contributed by atoms with E-state index < -0.39 is 24.1 Å². The summed E-state index contributed by atoms with van der Waals surface area (Å²) >= 11 is 1.40. The van der Waals surface area contributed by atoms with Gasteiger partial charge < -0.3 is 25.1 Å². The van der Waals surface area contributed by atoms with E-state index >= 15 is 0 Å². The first-order valence-corrected chi connectivity index (χ1v) is 9.21. The Morgan fingerprint density at radius 2 is 1.96 bits per heavy atom. The van der Waals surface area contributed by atoms with Gasteiger partial charge in [0.05, 0.1) is 18.1 Å². The number of aliphatic carboxylic acids is 1. The monoisotopic (exact) mass is 370 g/mol. The van der Waals surface area contributed by atoms with Crippen molar-refractivity contribution in [1.82, 2.24) is 9.80 Å². The maximum absolute atomic E-state index is 12.2. The van der Waals surface area contributed by atoms with E-state index in [1.165, 1.54) is 23.6 Å². The lowest BCUT2D eigenvalue weighted by molar-refractivity contribution is -0.161. The van der Waals surface area contributed by atoms with Gasteiger partial charge in [-0.25, -0.2) is 4.79 Å². The molecule has 5 atom stereocenters. The Kier molecular flexibility index (Phi) is 4.82. The average Bonchev–Trinajstić information content (AvgIpc) is 3.09. The summed E-state index contributed by atoms with van der Waals surface area (Å²) in [6, 6.07) is -0.294. The fraction of sp³-hybridized carbons (Fsp3) is 0.688. The van der Waals surface area contributed by atoms with Crippen LogP contribution in [0.4, 0.5) is 0 Å². The van der Waals surface area contributed by atoms with Crippen molar-refractivity contribution in [3.05, 3.63) is 10.6 Å². The minimum Gasteiger partial charge on any atom is -0.477 e. The maximum atomic E-state index is 12.2. The van der Waals surface area contributed by atoms with Crippen LogP contribution in [-0.4, -0.2) is 79.5 Å². The number of fused-ring (bicyclic) bond motifs is 1. The quantitative estimate of drug-likeness (QED) is 0.564. The topological polar surface area (TPSA) is 118 Å². The molecule has 8 nitrogen and oxygen atoms in total. The summed E-state index contributed by atoms with van der Waals surface area (Å²) in [5.74, 6) is -2.36. The minimum absolute atomic E-state index is 0.0113. The third kappa shape index (κ3) is 3.04. The molecule has 0 aromatic heterocycles. The van der Waals surface area contributed by atoms with Crippen LogP contribution in [0.2, 0.25) is 0 Å². The third-order valence-corrected chi connectivity index (χ3v) is 6.38. The predicted octanol–water partition coefficient (Wildman–Crippen LogP) is -0.391. The Morgan fingerprint density at radius 3 is 2.52 bits per heavy atom. The van der Waals surface area contributed by atoms with Gasteiger partial charge in [0.1, 0.15) is 11.8 Å². The zero-order chi connectivity index (χ0) is 18.5. The second kappa shape index (κ2) is 6.62. The molecule has 0 bridgehead atoms. The number of likely N-dealkylation sites (tertiary alicyclic amines) is 1. The van der Waals surface area contributed by atoms with Gasteiger partial charge in [-0.3, -0.25) is 9.59 Å². The molecular weight excluding hydrogens is 348 g/mol. The molecule has 25 heavy (non-hydrogen) atoms. The highest BCUT2D eigenvalue weighted by Gasteiger charge is 2.57. The molecule has 0 aliphatic carbocycles. The molecule has 3 rings (SSSR count). The molecule has 0 aromatic rings. The second-order valence-electron chi connectivity index (χ2n) is 6.81. The summed E-state index contributed by atoms with van der Waals surface area (Å²) < 4.78 is 0. The molecule has 138 valence electrons. The molecule has 0 spiro atoms. The van der Waals surface area contributed by atoms with Crippen molar-refractivity contribution < 1.29 is 29.7 Å². The van der Waals surface area contributed by atoms with Gasteiger partial charge in [0.15, 0.2) is 0 Å². The van der Waals surface area contributed by atoms with Gasteiger partial charge in [-0.05, 0) is 20.3 Å². The SMILES string of the molecule is CC(O)C(=O)N1CCC(SC2=C(C(=O)O)N3C(=O)C(C(C)O)[C@H]3C2)C1. The number of β-lactam (4-membered cyclic amide) rings is 1. The van der Waals surface area contributed by atoms with Gasteiger partial charge in [-0.15, -0.1) is 11.8 Å². The fourth-order valence-corrected chi connectivity index (χ4v) is 5.27. The maximum Gasteiger partial charge on any atom is 0.353 e. The van der Waals surface area contributed by atoms with Crippen LogP contribution in [0, 0.1) is 5.92 Å². The zero-order valence-corrected chi connectivity index (χ0v) is 14.9. The molecular formula is C16H22N2O6S. The van der Waals surface area contributed by atoms with Crippen LogP contribution in [0.1, 0.15) is 26.7 Å². The molecule has 3 N–H and O–H groups in total. The van der Waals surface area contributed by atoms with Crippen LogP contribution >= 0.6 is 11.8 Å². The van der Waals surface area contributed by atoms with Gasteiger partial charge in [0.2, 0.25) is 5.91 Å². The van der Waals surface area contributed by atoms with E-state index in [-0.39, 0.29) is 28.8 Å². The molecule has 3 heterocycles. The Balaban J connectivity index is 1.71. The summed E-state index contributed by atoms with van der Waals surface area (Å²) in [5.41, 5.74) is 0.0113. The smallest absolute Gasteiger partial charge is 0.353 e. The zero-order valence-electron chi connectivity index (χ0n) is 14.1. The minimum atomic E-state index is -1.14. The molecule has 3 aliphatic heterocycles. The standard InChI is InChI=1S/C16H22N2O6S/c1-7(19)12-10-5-11(13(16(23)24)18(10)15(12)22)25-9-3-4-17(6-9)14(21)8(2)20/h7-10,12,19-20H,3-6H2,1-2H3,(H,23,24)/t7?,8?,9?,10-,12?/m1/s1. The Labute approximate surface area is 149 Å². The lowest BCUT2D eigenvalue weighted by atomic mass is 9.83. The first-order chi connectivity index (χ1) is 11.7. The summed E-state index contributed by atoms with van der Waals surface area (Å²) in [5, 5.41) is 28.7. The van der Waals surface area contributed by atoms with Gasteiger partial charge >= 0.3 is 5.97 Å². The number of carboxylic acid groups (broad SMARTS) is 1. The number of rotatable bonds is 5. The number of hydrogen-bond donors (Lipinski definition) is 3. The van der Waals surface area contributed by atoms with E-state index in [9.17, 15) is 29.7 Å². The first-order valence-electron chi connectivity index (χ1n) is 8.33. The summed E-state index contributed by atoms with van der Waals surface area (Å²) in [4.78, 5) is 39.2. The van der Waals surface area contributed by atoms with Crippen LogP contribution in [0.5, 0.6) is 0 Å². The van der Waals surface area contributed by atoms with E-state index in [0.29, 0.717) is 30.8 Å². The van der Waals surface area contributed by atoms with Crippen molar-refractivity contribution in [2.45, 2.75) is 50.2 Å². The number of carbonyl (C=O) groups is 3. The van der Waals surface area contributed by atoms with Crippen LogP contribution in [-0.2, 0) is 14.4 Å². The van der Waals surface area contributed by atoms with Gasteiger partial charge in [0.25, 0.3) is 5.91 Å². The van der Waals surface area contributed by atoms with E-state index in [0.717, 1.165) is 0 Å². The van der Waals surface area contributed by atoms with Crippen LogP contribution in [0.25, 0.3) is 0 Å². The van der Waals surface area contributed by atoms with Crippen LogP contribution in [0.3, 0.4) is 0 Å². The van der Waals surface area contributed by atoms with E-state index in [4.69, 9.17) is 0 Å². The van der Waals surface area contributed by atoms with Crippen molar-refractivity contribution in [3.8, 4) is 0 Å². The van der Waals surface area contributed by atoms with E-state index in [1.54, 1.807) is 11.8 Å². The molecule has 0 aromatic carbocycles. The molecule has 2 amide bonds. The lowest BCUT2D eigenvalue weighted by Gasteiger charge is -2.44. The molecule has 0 radical (unpaired) electrons. The lowest BCUT2D eigenvalue weighted by Crippen LogP contribution is -2.61. The Hall–Kier alpha value is -1.58. The Bertz CT molecular complexity index is 647. The van der Waals surface area contributed by atoms with Crippen molar-refractivity contribution >= 4 is 29.5 Å². The van der Waals surface area contributed by atoms with Gasteiger partial charge in [-0.2, -0.15) is 0 Å². The second-order valence-corrected chi connectivity index (χ2v) is 8.21. The highest BCUT2D eigenvalue weighted by Crippen LogP contribution is 2.48. The predicted molar refractivity (Wildman–Crippen MR) is 89.3 cm³/mol. The van der Waals surface area contributed by atoms with Crippen LogP contribution < -0.4 is 0 Å². The summed E-state index contributed by atoms with van der Waals surface area (Å²) in [6.07, 6.45) is -0.721. The number of aliphatic hydroxyl groups is 2. The van der Waals surface area contributed by atoms with Crippen LogP contribution in [0.15, 0.2) is 10.6 Å². The van der Waals surface area contributed by atoms with E-state index in [1.807, 2.05) is 0 Å². The molecule has 4 unspecified atom stereocenters. The molecule has 3 aliphatic rings. The van der Waals surface area contributed by atoms with Crippen molar-refractivity contribution in [3.63, 3.8) is 0 Å². The highest BCUT2D eigenvalue weighted by molar-refractivity contribution is 8.03. The van der Waals surface area contributed by atoms with Crippen molar-refractivity contribution in [2.75, 3.05) is 13.1 Å². The first kappa shape index (κ1) is 18.2. The normalized spacial score (nSPS) is 31.0. The summed E-state index contributed by atoms with van der Waals surface area (Å²) in [6.45, 7) is 3.95. The number of hydrogen-bond acceptors (Lipinski definition) is 6. The molecule has 2 saturated heterocycles. The largest absolute Gasteiger partial charge is 0.477 e. The van der Waals surface area contributed by atoms with Crippen molar-refractivity contribution in [1.29, 1.82) is 0 Å². The average molecular weight is 370 g/mol. The highest BCUT2D eigenvalue weighted by atomic mass is 32.2. The van der Waals surface area contributed by atoms with Gasteiger partial charge in [-0.1, -0.05) is 0 Å². The Morgan fingerprint density at radius 1 is 1.28 bits per heavy atom. The third-order valence-electron chi connectivity index (χ3n) is 5.01. The molecule has 2 fully saturated rings. The van der Waals surface area contributed by atoms with Gasteiger partial charge in [0, 0.05) is 29.7 Å².